The summed E-state index contributed by atoms with van der Waals surface area (Å²) in [5.41, 5.74) is 3.55. The molecule has 2 aromatic carbocycles. The van der Waals surface area contributed by atoms with Crippen molar-refractivity contribution in [1.82, 2.24) is 4.90 Å². The summed E-state index contributed by atoms with van der Waals surface area (Å²) >= 11 is 1.61. The Kier molecular flexibility index (Phi) is 6.62. The zero-order chi connectivity index (χ0) is 20.1. The van der Waals surface area contributed by atoms with Gasteiger partial charge in [-0.15, -0.1) is 11.8 Å². The van der Waals surface area contributed by atoms with E-state index in [1.807, 2.05) is 62.5 Å². The van der Waals surface area contributed by atoms with Crippen LogP contribution in [0.3, 0.4) is 0 Å². The minimum Gasteiger partial charge on any atom is -0.375 e. The summed E-state index contributed by atoms with van der Waals surface area (Å²) in [5.74, 6) is 0.908. The maximum Gasteiger partial charge on any atom is 0.255 e. The van der Waals surface area contributed by atoms with E-state index in [9.17, 15) is 9.59 Å². The number of nitrogens with one attached hydrogen (secondary N) is 1. The van der Waals surface area contributed by atoms with E-state index in [4.69, 9.17) is 0 Å². The zero-order valence-electron chi connectivity index (χ0n) is 16.6. The Bertz CT molecular complexity index is 838. The molecule has 0 aliphatic carbocycles. The number of benzene rings is 2. The number of carbonyl (C=O) groups excluding carboxylic acids is 2. The second kappa shape index (κ2) is 9.15. The first-order valence-corrected chi connectivity index (χ1v) is 10.7. The topological polar surface area (TPSA) is 52.7 Å². The summed E-state index contributed by atoms with van der Waals surface area (Å²) in [6, 6.07) is 14.9. The highest BCUT2D eigenvalue weighted by Gasteiger charge is 2.35. The highest BCUT2D eigenvalue weighted by atomic mass is 32.2. The first kappa shape index (κ1) is 20.3. The van der Waals surface area contributed by atoms with Crippen LogP contribution in [0.2, 0.25) is 0 Å². The number of thioether (sulfide) groups is 1. The average Bonchev–Trinajstić information content (AvgIpc) is 3.18. The van der Waals surface area contributed by atoms with E-state index in [0.717, 1.165) is 29.9 Å². The average molecular weight is 398 g/mol. The van der Waals surface area contributed by atoms with Gasteiger partial charge in [-0.05, 0) is 55.3 Å². The molecule has 148 valence electrons. The number of nitrogens with zero attached hydrogens (tertiary/aromatic N) is 2. The summed E-state index contributed by atoms with van der Waals surface area (Å²) in [4.78, 5) is 29.6. The maximum absolute atomic E-state index is 13.0. The SMILES string of the molecule is CCCN(C)c1ccc(C(=O)N2CSCC2C(=O)Nc2cccc(C)c2)cc1. The third-order valence-electron chi connectivity index (χ3n) is 4.85. The molecule has 1 aliphatic heterocycles. The molecule has 28 heavy (non-hydrogen) atoms. The van der Waals surface area contributed by atoms with Crippen LogP contribution in [0.15, 0.2) is 48.5 Å². The van der Waals surface area contributed by atoms with Crippen molar-refractivity contribution in [3.05, 3.63) is 59.7 Å². The smallest absolute Gasteiger partial charge is 0.255 e. The second-order valence-electron chi connectivity index (χ2n) is 7.12. The number of amides is 2. The van der Waals surface area contributed by atoms with Gasteiger partial charge in [0.25, 0.3) is 5.91 Å². The summed E-state index contributed by atoms with van der Waals surface area (Å²) in [5, 5.41) is 2.95. The number of aryl methyl sites for hydroxylation is 1. The Morgan fingerprint density at radius 2 is 1.96 bits per heavy atom. The summed E-state index contributed by atoms with van der Waals surface area (Å²) in [7, 11) is 2.04. The zero-order valence-corrected chi connectivity index (χ0v) is 17.5. The van der Waals surface area contributed by atoms with Gasteiger partial charge in [-0.3, -0.25) is 9.59 Å². The number of rotatable bonds is 6. The van der Waals surface area contributed by atoms with Crippen LogP contribution in [0.25, 0.3) is 0 Å². The summed E-state index contributed by atoms with van der Waals surface area (Å²) in [6.45, 7) is 5.09. The van der Waals surface area contributed by atoms with Crippen molar-refractivity contribution in [3.63, 3.8) is 0 Å². The predicted molar refractivity (Wildman–Crippen MR) is 117 cm³/mol. The monoisotopic (exact) mass is 397 g/mol. The quantitative estimate of drug-likeness (QED) is 0.801. The van der Waals surface area contributed by atoms with Crippen LogP contribution >= 0.6 is 11.8 Å². The number of hydrogen-bond donors (Lipinski definition) is 1. The maximum atomic E-state index is 13.0. The number of carbonyl (C=O) groups is 2. The molecule has 0 spiro atoms. The van der Waals surface area contributed by atoms with E-state index < -0.39 is 6.04 Å². The molecule has 2 aromatic rings. The van der Waals surface area contributed by atoms with Crippen molar-refractivity contribution in [2.24, 2.45) is 0 Å². The molecular weight excluding hydrogens is 370 g/mol. The standard InChI is InChI=1S/C22H27N3O2S/c1-4-12-24(3)19-10-8-17(9-11-19)22(27)25-15-28-14-20(25)21(26)23-18-7-5-6-16(2)13-18/h5-11,13,20H,4,12,14-15H2,1-3H3,(H,23,26). The van der Waals surface area contributed by atoms with Gasteiger partial charge in [0.15, 0.2) is 0 Å². The Hall–Kier alpha value is -2.47. The van der Waals surface area contributed by atoms with Crippen molar-refractivity contribution < 1.29 is 9.59 Å². The van der Waals surface area contributed by atoms with Crippen molar-refractivity contribution in [2.45, 2.75) is 26.3 Å². The van der Waals surface area contributed by atoms with Gasteiger partial charge in [0.2, 0.25) is 5.91 Å². The highest BCUT2D eigenvalue weighted by Crippen LogP contribution is 2.25. The van der Waals surface area contributed by atoms with Gasteiger partial charge in [0.1, 0.15) is 6.04 Å². The molecule has 1 unspecified atom stereocenters. The van der Waals surface area contributed by atoms with E-state index in [0.29, 0.717) is 17.2 Å². The fourth-order valence-corrected chi connectivity index (χ4v) is 4.45. The van der Waals surface area contributed by atoms with Crippen LogP contribution in [0.4, 0.5) is 11.4 Å². The molecule has 3 rings (SSSR count). The minimum atomic E-state index is -0.458. The van der Waals surface area contributed by atoms with Crippen LogP contribution in [0, 0.1) is 6.92 Å². The fraction of sp³-hybridized carbons (Fsp3) is 0.364. The van der Waals surface area contributed by atoms with E-state index in [2.05, 4.69) is 17.1 Å². The van der Waals surface area contributed by atoms with E-state index >= 15 is 0 Å². The van der Waals surface area contributed by atoms with Gasteiger partial charge in [-0.25, -0.2) is 0 Å². The summed E-state index contributed by atoms with van der Waals surface area (Å²) < 4.78 is 0. The van der Waals surface area contributed by atoms with E-state index in [1.54, 1.807) is 16.7 Å². The van der Waals surface area contributed by atoms with E-state index in [1.165, 1.54) is 0 Å². The lowest BCUT2D eigenvalue weighted by Gasteiger charge is -2.24. The van der Waals surface area contributed by atoms with Gasteiger partial charge in [-0.2, -0.15) is 0 Å². The van der Waals surface area contributed by atoms with Gasteiger partial charge in [0.05, 0.1) is 5.88 Å². The lowest BCUT2D eigenvalue weighted by atomic mass is 10.1. The third kappa shape index (κ3) is 4.68. The van der Waals surface area contributed by atoms with Crippen LogP contribution in [-0.4, -0.2) is 48.0 Å². The Balaban J connectivity index is 1.69. The number of hydrogen-bond acceptors (Lipinski definition) is 4. The predicted octanol–water partition coefficient (Wildman–Crippen LogP) is 4.00. The Morgan fingerprint density at radius 3 is 2.64 bits per heavy atom. The molecule has 1 heterocycles. The molecule has 5 nitrogen and oxygen atoms in total. The van der Waals surface area contributed by atoms with Crippen molar-refractivity contribution in [3.8, 4) is 0 Å². The van der Waals surface area contributed by atoms with Crippen LogP contribution in [0.5, 0.6) is 0 Å². The molecule has 0 bridgehead atoms. The molecule has 1 aliphatic rings. The highest BCUT2D eigenvalue weighted by molar-refractivity contribution is 7.99. The summed E-state index contributed by atoms with van der Waals surface area (Å²) in [6.07, 6.45) is 1.07. The molecule has 1 N–H and O–H groups in total. The number of anilines is 2. The van der Waals surface area contributed by atoms with Crippen molar-refractivity contribution in [1.29, 1.82) is 0 Å². The molecule has 0 saturated carbocycles. The first-order chi connectivity index (χ1) is 13.5. The molecule has 1 fully saturated rings. The molecule has 0 radical (unpaired) electrons. The van der Waals surface area contributed by atoms with E-state index in [-0.39, 0.29) is 11.8 Å². The molecule has 6 heteroatoms. The third-order valence-corrected chi connectivity index (χ3v) is 5.86. The Labute approximate surface area is 171 Å². The fourth-order valence-electron chi connectivity index (χ4n) is 3.30. The van der Waals surface area contributed by atoms with Crippen LogP contribution < -0.4 is 10.2 Å². The second-order valence-corrected chi connectivity index (χ2v) is 8.12. The van der Waals surface area contributed by atoms with Gasteiger partial charge < -0.3 is 15.1 Å². The van der Waals surface area contributed by atoms with Gasteiger partial charge >= 0.3 is 0 Å². The first-order valence-electron chi connectivity index (χ1n) is 9.57. The molecule has 2 amide bonds. The normalized spacial score (nSPS) is 16.1. The molecule has 0 aromatic heterocycles. The molecular formula is C22H27N3O2S. The van der Waals surface area contributed by atoms with Crippen molar-refractivity contribution >= 4 is 35.0 Å². The lowest BCUT2D eigenvalue weighted by molar-refractivity contribution is -0.119. The van der Waals surface area contributed by atoms with Crippen LogP contribution in [0.1, 0.15) is 29.3 Å². The Morgan fingerprint density at radius 1 is 1.21 bits per heavy atom. The molecule has 1 atom stereocenters. The van der Waals surface area contributed by atoms with Crippen molar-refractivity contribution in [2.75, 3.05) is 35.4 Å². The van der Waals surface area contributed by atoms with Gasteiger partial charge in [0, 0.05) is 36.3 Å². The van der Waals surface area contributed by atoms with Gasteiger partial charge in [-0.1, -0.05) is 19.1 Å². The molecule has 1 saturated heterocycles. The lowest BCUT2D eigenvalue weighted by Crippen LogP contribution is -2.44. The minimum absolute atomic E-state index is 0.0981. The largest absolute Gasteiger partial charge is 0.375 e. The van der Waals surface area contributed by atoms with Crippen LogP contribution in [-0.2, 0) is 4.79 Å².